The molecule has 0 fully saturated rings. The second-order valence-electron chi connectivity index (χ2n) is 5.74. The van der Waals surface area contributed by atoms with Gasteiger partial charge in [-0.1, -0.05) is 0 Å². The molecule has 2 aromatic rings. The largest absolute Gasteiger partial charge is 0.493 e. The van der Waals surface area contributed by atoms with E-state index >= 15 is 0 Å². The fourth-order valence-electron chi connectivity index (χ4n) is 2.41. The lowest BCUT2D eigenvalue weighted by Gasteiger charge is -2.14. The zero-order valence-electron chi connectivity index (χ0n) is 15.1. The number of hydrogen-bond donors (Lipinski definition) is 2. The number of nitrogens with one attached hydrogen (secondary N) is 1. The Morgan fingerprint density at radius 3 is 2.69 bits per heavy atom. The Balaban J connectivity index is 1.71. The van der Waals surface area contributed by atoms with Crippen LogP contribution in [0.5, 0.6) is 11.5 Å². The Kier molecular flexibility index (Phi) is 6.75. The molecule has 150 valence electrons. The summed E-state index contributed by atoms with van der Waals surface area (Å²) >= 11 is 3.15. The number of carbonyl (C=O) groups is 2. The standard InChI is InChI=1S/C19H15FIN3O4S/c1-27-14-7-10(8-15-18(26)24-19(22)29-15)6-13(21)17(14)28-9-16(25)23-12-4-2-11(20)3-5-12/h2-8H,9H2,1H3,(H,23,25)(H2,22,24,26). The number of benzene rings is 2. The Bertz CT molecular complexity index is 1020. The van der Waals surface area contributed by atoms with Crippen molar-refractivity contribution in [3.63, 3.8) is 0 Å². The Morgan fingerprint density at radius 2 is 2.07 bits per heavy atom. The highest BCUT2D eigenvalue weighted by molar-refractivity contribution is 14.1. The number of rotatable bonds is 6. The van der Waals surface area contributed by atoms with E-state index in [0.717, 1.165) is 11.8 Å². The molecule has 1 aliphatic heterocycles. The zero-order chi connectivity index (χ0) is 21.0. The van der Waals surface area contributed by atoms with E-state index in [4.69, 9.17) is 15.2 Å². The van der Waals surface area contributed by atoms with Crippen molar-refractivity contribution < 1.29 is 23.5 Å². The number of ether oxygens (including phenoxy) is 2. The van der Waals surface area contributed by atoms with Gasteiger partial charge in [-0.15, -0.1) is 0 Å². The first kappa shape index (κ1) is 21.1. The normalized spacial score (nSPS) is 14.7. The molecule has 0 aliphatic carbocycles. The number of carbonyl (C=O) groups excluding carboxylic acids is 2. The number of amidine groups is 1. The maximum absolute atomic E-state index is 12.9. The molecule has 0 spiro atoms. The van der Waals surface area contributed by atoms with Gasteiger partial charge < -0.3 is 20.5 Å². The van der Waals surface area contributed by atoms with Crippen LogP contribution in [0.1, 0.15) is 5.56 Å². The van der Waals surface area contributed by atoms with Crippen LogP contribution in [0.2, 0.25) is 0 Å². The summed E-state index contributed by atoms with van der Waals surface area (Å²) in [6.45, 7) is -0.261. The quantitative estimate of drug-likeness (QED) is 0.441. The molecule has 1 aliphatic rings. The van der Waals surface area contributed by atoms with Gasteiger partial charge in [0, 0.05) is 5.69 Å². The first-order chi connectivity index (χ1) is 13.9. The first-order valence-corrected chi connectivity index (χ1v) is 10.1. The van der Waals surface area contributed by atoms with Crippen LogP contribution in [0.3, 0.4) is 0 Å². The van der Waals surface area contributed by atoms with Gasteiger partial charge in [-0.2, -0.15) is 4.99 Å². The van der Waals surface area contributed by atoms with Gasteiger partial charge >= 0.3 is 0 Å². The van der Waals surface area contributed by atoms with Crippen LogP contribution in [0.15, 0.2) is 46.3 Å². The minimum atomic E-state index is -0.402. The highest BCUT2D eigenvalue weighted by Gasteiger charge is 2.20. The number of anilines is 1. The molecule has 0 saturated heterocycles. The summed E-state index contributed by atoms with van der Waals surface area (Å²) < 4.78 is 24.6. The predicted molar refractivity (Wildman–Crippen MR) is 118 cm³/mol. The Hall–Kier alpha value is -2.60. The van der Waals surface area contributed by atoms with E-state index in [1.54, 1.807) is 18.2 Å². The Morgan fingerprint density at radius 1 is 1.34 bits per heavy atom. The Labute approximate surface area is 183 Å². The monoisotopic (exact) mass is 527 g/mol. The summed E-state index contributed by atoms with van der Waals surface area (Å²) in [7, 11) is 1.48. The van der Waals surface area contributed by atoms with Crippen molar-refractivity contribution in [3.8, 4) is 11.5 Å². The van der Waals surface area contributed by atoms with Gasteiger partial charge in [-0.25, -0.2) is 4.39 Å². The summed E-state index contributed by atoms with van der Waals surface area (Å²) in [6.07, 6.45) is 1.66. The molecule has 1 heterocycles. The average Bonchev–Trinajstić information content (AvgIpc) is 2.99. The maximum atomic E-state index is 12.9. The average molecular weight is 527 g/mol. The summed E-state index contributed by atoms with van der Waals surface area (Å²) in [5.41, 5.74) is 6.72. The lowest BCUT2D eigenvalue weighted by atomic mass is 10.2. The molecule has 0 bridgehead atoms. The van der Waals surface area contributed by atoms with E-state index in [1.807, 2.05) is 0 Å². The second kappa shape index (κ2) is 9.27. The van der Waals surface area contributed by atoms with Crippen molar-refractivity contribution >= 4 is 63.1 Å². The molecule has 3 rings (SSSR count). The predicted octanol–water partition coefficient (Wildman–Crippen LogP) is 3.39. The van der Waals surface area contributed by atoms with Crippen LogP contribution in [0.4, 0.5) is 10.1 Å². The molecular weight excluding hydrogens is 512 g/mol. The van der Waals surface area contributed by atoms with Crippen LogP contribution in [0, 0.1) is 9.39 Å². The van der Waals surface area contributed by atoms with E-state index in [0.29, 0.717) is 31.2 Å². The van der Waals surface area contributed by atoms with Crippen molar-refractivity contribution in [2.75, 3.05) is 19.0 Å². The third-order valence-electron chi connectivity index (χ3n) is 3.66. The molecular formula is C19H15FIN3O4S. The van der Waals surface area contributed by atoms with E-state index < -0.39 is 5.91 Å². The number of halogens is 2. The van der Waals surface area contributed by atoms with Crippen molar-refractivity contribution in [1.29, 1.82) is 0 Å². The van der Waals surface area contributed by atoms with Gasteiger partial charge in [0.25, 0.3) is 11.8 Å². The number of hydrogen-bond acceptors (Lipinski definition) is 6. The molecule has 0 aromatic heterocycles. The van der Waals surface area contributed by atoms with Crippen molar-refractivity contribution in [2.24, 2.45) is 10.7 Å². The van der Waals surface area contributed by atoms with Crippen LogP contribution in [-0.2, 0) is 9.59 Å². The molecule has 0 atom stereocenters. The number of nitrogens with two attached hydrogens (primary N) is 1. The molecule has 29 heavy (non-hydrogen) atoms. The topological polar surface area (TPSA) is 103 Å². The van der Waals surface area contributed by atoms with Gasteiger partial charge in [-0.3, -0.25) is 9.59 Å². The summed E-state index contributed by atoms with van der Waals surface area (Å²) in [5.74, 6) is -0.380. The van der Waals surface area contributed by atoms with Crippen LogP contribution >= 0.6 is 34.4 Å². The molecule has 10 heteroatoms. The highest BCUT2D eigenvalue weighted by Crippen LogP contribution is 2.36. The van der Waals surface area contributed by atoms with Crippen molar-refractivity contribution in [3.05, 3.63) is 56.3 Å². The summed E-state index contributed by atoms with van der Waals surface area (Å²) in [5, 5.41) is 2.82. The lowest BCUT2D eigenvalue weighted by molar-refractivity contribution is -0.118. The second-order valence-corrected chi connectivity index (χ2v) is 7.97. The molecule has 7 nitrogen and oxygen atoms in total. The SMILES string of the molecule is COc1cc(C=C2SC(N)=NC2=O)cc(I)c1OCC(=O)Nc1ccc(F)cc1. The molecule has 3 N–H and O–H groups in total. The minimum Gasteiger partial charge on any atom is -0.493 e. The number of aliphatic imine (C=N–C) groups is 1. The van der Waals surface area contributed by atoms with Gasteiger partial charge in [0.2, 0.25) is 0 Å². The van der Waals surface area contributed by atoms with E-state index in [9.17, 15) is 14.0 Å². The fraction of sp³-hybridized carbons (Fsp3) is 0.105. The van der Waals surface area contributed by atoms with E-state index in [2.05, 4.69) is 32.9 Å². The number of amides is 2. The number of nitrogens with zero attached hydrogens (tertiary/aromatic N) is 1. The van der Waals surface area contributed by atoms with Gasteiger partial charge in [0.1, 0.15) is 5.82 Å². The van der Waals surface area contributed by atoms with Gasteiger partial charge in [0.05, 0.1) is 15.6 Å². The molecule has 2 amide bonds. The zero-order valence-corrected chi connectivity index (χ0v) is 18.0. The lowest BCUT2D eigenvalue weighted by Crippen LogP contribution is -2.20. The van der Waals surface area contributed by atoms with Crippen LogP contribution < -0.4 is 20.5 Å². The maximum Gasteiger partial charge on any atom is 0.286 e. The third kappa shape index (κ3) is 5.48. The number of thioether (sulfide) groups is 1. The number of methoxy groups -OCH3 is 1. The van der Waals surface area contributed by atoms with Crippen molar-refractivity contribution in [2.45, 2.75) is 0 Å². The molecule has 0 saturated carbocycles. The molecule has 2 aromatic carbocycles. The van der Waals surface area contributed by atoms with Gasteiger partial charge in [-0.05, 0) is 82.4 Å². The first-order valence-electron chi connectivity index (χ1n) is 8.19. The fourth-order valence-corrected chi connectivity index (χ4v) is 3.87. The van der Waals surface area contributed by atoms with Crippen LogP contribution in [0.25, 0.3) is 6.08 Å². The van der Waals surface area contributed by atoms with E-state index in [1.165, 1.54) is 31.4 Å². The molecule has 0 radical (unpaired) electrons. The van der Waals surface area contributed by atoms with Gasteiger partial charge in [0.15, 0.2) is 23.3 Å². The van der Waals surface area contributed by atoms with Crippen molar-refractivity contribution in [1.82, 2.24) is 0 Å². The summed E-state index contributed by atoms with van der Waals surface area (Å²) in [6, 6.07) is 8.89. The highest BCUT2D eigenvalue weighted by atomic mass is 127. The minimum absolute atomic E-state index is 0.204. The molecule has 0 unspecified atom stereocenters. The summed E-state index contributed by atoms with van der Waals surface area (Å²) in [4.78, 5) is 27.9. The smallest absolute Gasteiger partial charge is 0.286 e. The van der Waals surface area contributed by atoms with Crippen LogP contribution in [-0.4, -0.2) is 30.7 Å². The third-order valence-corrected chi connectivity index (χ3v) is 5.28. The van der Waals surface area contributed by atoms with E-state index in [-0.39, 0.29) is 23.5 Å².